The average molecular weight is 570 g/mol. The fourth-order valence-corrected chi connectivity index (χ4v) is 4.84. The van der Waals surface area contributed by atoms with Crippen molar-refractivity contribution in [1.82, 2.24) is 20.9 Å². The van der Waals surface area contributed by atoms with Crippen LogP contribution in [0.3, 0.4) is 0 Å². The topological polar surface area (TPSA) is 166 Å². The second-order valence-corrected chi connectivity index (χ2v) is 10.8. The molecule has 10 nitrogen and oxygen atoms in total. The molecule has 0 aliphatic rings. The van der Waals surface area contributed by atoms with E-state index in [4.69, 9.17) is 5.73 Å². The van der Waals surface area contributed by atoms with Gasteiger partial charge in [-0.15, -0.1) is 0 Å². The summed E-state index contributed by atoms with van der Waals surface area (Å²) in [6.07, 6.45) is 6.48. The molecule has 0 aliphatic carbocycles. The Balaban J connectivity index is 2.09. The minimum Gasteiger partial charge on any atom is -0.480 e. The predicted octanol–water partition coefficient (Wildman–Crippen LogP) is 1.01. The van der Waals surface area contributed by atoms with Crippen LogP contribution in [0, 0.1) is 0 Å². The standard InChI is InChI=1S/C24H35N5O5S3/c1-36-9-7-18(22(31)28-19(8-10-37-2)23(32)29-20(13-35)24(33)34)27-21(30)16(25)11-14-12-26-17-6-4-3-5-15(14)17/h3-6,12,16,18-20,26,35H,7-11,13,25H2,1-2H3,(H,27,30)(H,28,31)(H,29,32)(H,33,34). The van der Waals surface area contributed by atoms with Crippen LogP contribution in [0.1, 0.15) is 18.4 Å². The molecule has 2 rings (SSSR count). The third-order valence-corrected chi connectivity index (χ3v) is 7.39. The number of aromatic nitrogens is 1. The number of rotatable bonds is 16. The average Bonchev–Trinajstić information content (AvgIpc) is 3.29. The summed E-state index contributed by atoms with van der Waals surface area (Å²) >= 11 is 6.98. The molecule has 4 atom stereocenters. The number of carboxylic acids is 1. The number of carbonyl (C=O) groups excluding carboxylic acids is 3. The van der Waals surface area contributed by atoms with Gasteiger partial charge in [-0.2, -0.15) is 36.2 Å². The number of aliphatic carboxylic acids is 1. The van der Waals surface area contributed by atoms with Crippen LogP contribution < -0.4 is 21.7 Å². The van der Waals surface area contributed by atoms with Crippen LogP contribution in [0.4, 0.5) is 0 Å². The van der Waals surface area contributed by atoms with E-state index in [0.717, 1.165) is 16.5 Å². The van der Waals surface area contributed by atoms with E-state index in [-0.39, 0.29) is 12.2 Å². The van der Waals surface area contributed by atoms with Crippen LogP contribution in [-0.2, 0) is 25.6 Å². The molecule has 3 amide bonds. The summed E-state index contributed by atoms with van der Waals surface area (Å²) in [5.41, 5.74) is 8.04. The zero-order valence-electron chi connectivity index (χ0n) is 20.9. The van der Waals surface area contributed by atoms with Gasteiger partial charge >= 0.3 is 5.97 Å². The molecule has 0 bridgehead atoms. The van der Waals surface area contributed by atoms with Crippen molar-refractivity contribution < 1.29 is 24.3 Å². The SMILES string of the molecule is CSCCC(NC(=O)C(N)Cc1c[nH]c2ccccc12)C(=O)NC(CCSC)C(=O)NC(CS)C(=O)O. The number of hydrogen-bond donors (Lipinski definition) is 7. The second kappa shape index (κ2) is 15.8. The van der Waals surface area contributed by atoms with Crippen LogP contribution in [0.5, 0.6) is 0 Å². The Morgan fingerprint density at radius 1 is 0.946 bits per heavy atom. The van der Waals surface area contributed by atoms with Crippen LogP contribution >= 0.6 is 36.2 Å². The molecule has 0 radical (unpaired) electrons. The smallest absolute Gasteiger partial charge is 0.327 e. The molecule has 0 aliphatic heterocycles. The number of para-hydroxylation sites is 1. The fourth-order valence-electron chi connectivity index (χ4n) is 3.65. The lowest BCUT2D eigenvalue weighted by Crippen LogP contribution is -2.57. The van der Waals surface area contributed by atoms with Crippen LogP contribution in [-0.4, -0.2) is 87.7 Å². The van der Waals surface area contributed by atoms with Gasteiger partial charge in [-0.05, 0) is 54.9 Å². The number of carbonyl (C=O) groups is 4. The van der Waals surface area contributed by atoms with E-state index in [1.807, 2.05) is 43.0 Å². The number of nitrogens with two attached hydrogens (primary N) is 1. The summed E-state index contributed by atoms with van der Waals surface area (Å²) < 4.78 is 0. The van der Waals surface area contributed by atoms with E-state index in [1.165, 1.54) is 23.5 Å². The molecule has 204 valence electrons. The number of aromatic amines is 1. The minimum atomic E-state index is -1.22. The summed E-state index contributed by atoms with van der Waals surface area (Å²) in [6, 6.07) is 3.78. The molecule has 2 aromatic rings. The minimum absolute atomic E-state index is 0.0923. The first-order valence-electron chi connectivity index (χ1n) is 11.7. The molecule has 4 unspecified atom stereocenters. The maximum atomic E-state index is 13.2. The lowest BCUT2D eigenvalue weighted by molar-refractivity contribution is -0.141. The van der Waals surface area contributed by atoms with E-state index in [1.54, 1.807) is 0 Å². The van der Waals surface area contributed by atoms with Crippen molar-refractivity contribution in [2.45, 2.75) is 43.4 Å². The largest absolute Gasteiger partial charge is 0.480 e. The first-order valence-corrected chi connectivity index (χ1v) is 15.2. The van der Waals surface area contributed by atoms with E-state index in [0.29, 0.717) is 24.3 Å². The van der Waals surface area contributed by atoms with Crippen molar-refractivity contribution >= 4 is 70.7 Å². The number of benzene rings is 1. The van der Waals surface area contributed by atoms with E-state index in [9.17, 15) is 24.3 Å². The van der Waals surface area contributed by atoms with E-state index < -0.39 is 47.9 Å². The lowest BCUT2D eigenvalue weighted by Gasteiger charge is -2.25. The highest BCUT2D eigenvalue weighted by atomic mass is 32.2. The Kier molecular flexibility index (Phi) is 13.2. The van der Waals surface area contributed by atoms with Gasteiger partial charge in [0.05, 0.1) is 6.04 Å². The van der Waals surface area contributed by atoms with Gasteiger partial charge in [-0.3, -0.25) is 14.4 Å². The number of hydrogen-bond acceptors (Lipinski definition) is 8. The van der Waals surface area contributed by atoms with Crippen molar-refractivity contribution in [2.24, 2.45) is 5.73 Å². The zero-order chi connectivity index (χ0) is 27.4. The summed E-state index contributed by atoms with van der Waals surface area (Å²) in [7, 11) is 0. The third kappa shape index (κ3) is 9.47. The first kappa shape index (κ1) is 30.9. The monoisotopic (exact) mass is 569 g/mol. The Hall–Kier alpha value is -2.35. The highest BCUT2D eigenvalue weighted by molar-refractivity contribution is 7.98. The second-order valence-electron chi connectivity index (χ2n) is 8.44. The van der Waals surface area contributed by atoms with Gasteiger partial charge in [0.2, 0.25) is 17.7 Å². The maximum absolute atomic E-state index is 13.2. The van der Waals surface area contributed by atoms with Crippen molar-refractivity contribution in [2.75, 3.05) is 29.8 Å². The molecule has 1 aromatic carbocycles. The number of carboxylic acid groups (broad SMARTS) is 1. The van der Waals surface area contributed by atoms with Crippen LogP contribution in [0.2, 0.25) is 0 Å². The first-order chi connectivity index (χ1) is 17.7. The van der Waals surface area contributed by atoms with Crippen molar-refractivity contribution in [3.05, 3.63) is 36.0 Å². The summed E-state index contributed by atoms with van der Waals surface area (Å²) in [5, 5.41) is 18.0. The number of fused-ring (bicyclic) bond motifs is 1. The molecule has 0 saturated carbocycles. The molecule has 1 heterocycles. The number of thioether (sulfide) groups is 2. The third-order valence-electron chi connectivity index (χ3n) is 5.74. The number of H-pyrrole nitrogens is 1. The van der Waals surface area contributed by atoms with Gasteiger partial charge in [-0.1, -0.05) is 18.2 Å². The zero-order valence-corrected chi connectivity index (χ0v) is 23.4. The molecule has 0 fully saturated rings. The Morgan fingerprint density at radius 3 is 2.03 bits per heavy atom. The quantitative estimate of drug-likeness (QED) is 0.147. The van der Waals surface area contributed by atoms with Crippen molar-refractivity contribution in [3.8, 4) is 0 Å². The summed E-state index contributed by atoms with van der Waals surface area (Å²) in [5.74, 6) is -1.77. The maximum Gasteiger partial charge on any atom is 0.327 e. The van der Waals surface area contributed by atoms with Gasteiger partial charge in [0.1, 0.15) is 18.1 Å². The van der Waals surface area contributed by atoms with Gasteiger partial charge in [0.15, 0.2) is 0 Å². The van der Waals surface area contributed by atoms with E-state index >= 15 is 0 Å². The highest BCUT2D eigenvalue weighted by Gasteiger charge is 2.30. The van der Waals surface area contributed by atoms with Crippen LogP contribution in [0.15, 0.2) is 30.5 Å². The Labute approximate surface area is 230 Å². The number of amides is 3. The van der Waals surface area contributed by atoms with Gasteiger partial charge in [0.25, 0.3) is 0 Å². The molecular formula is C24H35N5O5S3. The molecule has 1 aromatic heterocycles. The molecule has 0 saturated heterocycles. The molecule has 37 heavy (non-hydrogen) atoms. The Morgan fingerprint density at radius 2 is 1.49 bits per heavy atom. The molecule has 7 N–H and O–H groups in total. The number of nitrogens with one attached hydrogen (secondary N) is 4. The fraction of sp³-hybridized carbons (Fsp3) is 0.500. The molecule has 0 spiro atoms. The van der Waals surface area contributed by atoms with Crippen molar-refractivity contribution in [1.29, 1.82) is 0 Å². The predicted molar refractivity (Wildman–Crippen MR) is 153 cm³/mol. The summed E-state index contributed by atoms with van der Waals surface area (Å²) in [4.78, 5) is 53.3. The Bertz CT molecular complexity index is 1070. The van der Waals surface area contributed by atoms with Gasteiger partial charge in [-0.25, -0.2) is 4.79 Å². The van der Waals surface area contributed by atoms with Gasteiger partial charge in [0, 0.05) is 22.9 Å². The van der Waals surface area contributed by atoms with Crippen molar-refractivity contribution in [3.63, 3.8) is 0 Å². The lowest BCUT2D eigenvalue weighted by atomic mass is 10.0. The van der Waals surface area contributed by atoms with Crippen LogP contribution in [0.25, 0.3) is 10.9 Å². The highest BCUT2D eigenvalue weighted by Crippen LogP contribution is 2.19. The molecular weight excluding hydrogens is 534 g/mol. The van der Waals surface area contributed by atoms with Gasteiger partial charge < -0.3 is 31.8 Å². The summed E-state index contributed by atoms with van der Waals surface area (Å²) in [6.45, 7) is 0. The van der Waals surface area contributed by atoms with E-state index in [2.05, 4.69) is 33.6 Å². The normalized spacial score (nSPS) is 14.4. The number of thiol groups is 1. The molecule has 13 heteroatoms.